The van der Waals surface area contributed by atoms with Crippen molar-refractivity contribution < 1.29 is 9.90 Å². The van der Waals surface area contributed by atoms with Gasteiger partial charge in [-0.1, -0.05) is 13.8 Å². The Morgan fingerprint density at radius 2 is 1.92 bits per heavy atom. The van der Waals surface area contributed by atoms with E-state index in [1.165, 1.54) is 25.7 Å². The number of hydrogen-bond donors (Lipinski definition) is 1. The summed E-state index contributed by atoms with van der Waals surface area (Å²) >= 11 is 0. The lowest BCUT2D eigenvalue weighted by Gasteiger charge is -2.34. The van der Waals surface area contributed by atoms with Gasteiger partial charge in [-0.05, 0) is 43.4 Å². The van der Waals surface area contributed by atoms with E-state index in [2.05, 4.69) is 13.8 Å². The van der Waals surface area contributed by atoms with Gasteiger partial charge in [-0.2, -0.15) is 0 Å². The zero-order chi connectivity index (χ0) is 9.90. The van der Waals surface area contributed by atoms with Crippen molar-refractivity contribution in [2.24, 2.45) is 11.3 Å². The molecule has 0 aromatic heterocycles. The van der Waals surface area contributed by atoms with Crippen LogP contribution >= 0.6 is 0 Å². The van der Waals surface area contributed by atoms with Gasteiger partial charge in [0.15, 0.2) is 0 Å². The van der Waals surface area contributed by atoms with Crippen LogP contribution in [0.1, 0.15) is 52.4 Å². The molecule has 13 heavy (non-hydrogen) atoms. The first kappa shape index (κ1) is 10.6. The Hall–Kier alpha value is -0.530. The molecular formula is C11H20O2. The second kappa shape index (κ2) is 4.12. The molecule has 1 N–H and O–H groups in total. The summed E-state index contributed by atoms with van der Waals surface area (Å²) in [5, 5.41) is 8.55. The molecule has 0 atom stereocenters. The van der Waals surface area contributed by atoms with Crippen molar-refractivity contribution in [1.29, 1.82) is 0 Å². The molecule has 0 spiro atoms. The minimum absolute atomic E-state index is 0.352. The van der Waals surface area contributed by atoms with Crippen LogP contribution in [0.25, 0.3) is 0 Å². The highest BCUT2D eigenvalue weighted by Gasteiger charge is 2.26. The number of rotatable bonds is 3. The standard InChI is InChI=1S/C11H20O2/c1-11(2)7-5-9(6-8-11)3-4-10(12)13/h9H,3-8H2,1-2H3,(H,12,13). The summed E-state index contributed by atoms with van der Waals surface area (Å²) in [5.41, 5.74) is 0.500. The predicted octanol–water partition coefficient (Wildman–Crippen LogP) is 3.07. The molecule has 0 saturated heterocycles. The van der Waals surface area contributed by atoms with E-state index in [0.717, 1.165) is 6.42 Å². The first-order valence-electron chi connectivity index (χ1n) is 5.21. The fraction of sp³-hybridized carbons (Fsp3) is 0.909. The SMILES string of the molecule is CC1(C)CCC(CCC(=O)O)CC1. The van der Waals surface area contributed by atoms with Crippen molar-refractivity contribution in [2.75, 3.05) is 0 Å². The average molecular weight is 184 g/mol. The minimum Gasteiger partial charge on any atom is -0.481 e. The maximum atomic E-state index is 10.4. The van der Waals surface area contributed by atoms with Crippen molar-refractivity contribution >= 4 is 5.97 Å². The molecule has 0 aromatic rings. The monoisotopic (exact) mass is 184 g/mol. The molecule has 2 nitrogen and oxygen atoms in total. The number of hydrogen-bond acceptors (Lipinski definition) is 1. The lowest BCUT2D eigenvalue weighted by atomic mass is 9.72. The maximum Gasteiger partial charge on any atom is 0.303 e. The van der Waals surface area contributed by atoms with Gasteiger partial charge in [0.05, 0.1) is 0 Å². The Bertz CT molecular complexity index is 175. The van der Waals surface area contributed by atoms with Gasteiger partial charge in [0.25, 0.3) is 0 Å². The van der Waals surface area contributed by atoms with E-state index in [1.54, 1.807) is 0 Å². The van der Waals surface area contributed by atoms with Crippen LogP contribution in [-0.4, -0.2) is 11.1 Å². The zero-order valence-electron chi connectivity index (χ0n) is 8.68. The Kier molecular flexibility index (Phi) is 3.34. The molecule has 0 amide bonds. The summed E-state index contributed by atoms with van der Waals surface area (Å²) in [7, 11) is 0. The van der Waals surface area contributed by atoms with E-state index >= 15 is 0 Å². The number of carboxylic acid groups (broad SMARTS) is 1. The minimum atomic E-state index is -0.648. The summed E-state index contributed by atoms with van der Waals surface area (Å²) in [6.07, 6.45) is 6.20. The highest BCUT2D eigenvalue weighted by molar-refractivity contribution is 5.66. The topological polar surface area (TPSA) is 37.3 Å². The van der Waals surface area contributed by atoms with Crippen LogP contribution in [0.2, 0.25) is 0 Å². The molecule has 2 heteroatoms. The van der Waals surface area contributed by atoms with E-state index in [4.69, 9.17) is 5.11 Å². The normalized spacial score (nSPS) is 22.9. The fourth-order valence-corrected chi connectivity index (χ4v) is 2.08. The summed E-state index contributed by atoms with van der Waals surface area (Å²) in [5.74, 6) is 0.0222. The van der Waals surface area contributed by atoms with Crippen molar-refractivity contribution in [1.82, 2.24) is 0 Å². The summed E-state index contributed by atoms with van der Waals surface area (Å²) in [6.45, 7) is 4.61. The highest BCUT2D eigenvalue weighted by Crippen LogP contribution is 2.39. The van der Waals surface area contributed by atoms with Crippen LogP contribution in [0.5, 0.6) is 0 Å². The lowest BCUT2D eigenvalue weighted by molar-refractivity contribution is -0.137. The van der Waals surface area contributed by atoms with Gasteiger partial charge in [0.2, 0.25) is 0 Å². The van der Waals surface area contributed by atoms with Crippen LogP contribution in [0.15, 0.2) is 0 Å². The molecule has 0 bridgehead atoms. The molecule has 76 valence electrons. The van der Waals surface area contributed by atoms with Crippen molar-refractivity contribution in [3.05, 3.63) is 0 Å². The smallest absolute Gasteiger partial charge is 0.303 e. The molecule has 1 rings (SSSR count). The van der Waals surface area contributed by atoms with Crippen LogP contribution in [-0.2, 0) is 4.79 Å². The Labute approximate surface area is 80.3 Å². The van der Waals surface area contributed by atoms with Gasteiger partial charge in [-0.25, -0.2) is 0 Å². The molecule has 1 saturated carbocycles. The molecule has 0 aromatic carbocycles. The first-order chi connectivity index (χ1) is 5.99. The Morgan fingerprint density at radius 1 is 1.38 bits per heavy atom. The number of aliphatic carboxylic acids is 1. The Balaban J connectivity index is 2.21. The largest absolute Gasteiger partial charge is 0.481 e. The molecule has 0 unspecified atom stereocenters. The lowest BCUT2D eigenvalue weighted by Crippen LogP contribution is -2.21. The van der Waals surface area contributed by atoms with Crippen LogP contribution < -0.4 is 0 Å². The van der Waals surface area contributed by atoms with Crippen LogP contribution in [0.4, 0.5) is 0 Å². The molecule has 0 heterocycles. The predicted molar refractivity (Wildman–Crippen MR) is 52.6 cm³/mol. The van der Waals surface area contributed by atoms with Crippen molar-refractivity contribution in [2.45, 2.75) is 52.4 Å². The average Bonchev–Trinajstić information content (AvgIpc) is 2.02. The zero-order valence-corrected chi connectivity index (χ0v) is 8.68. The van der Waals surface area contributed by atoms with E-state index in [-0.39, 0.29) is 0 Å². The van der Waals surface area contributed by atoms with Gasteiger partial charge in [0, 0.05) is 6.42 Å². The van der Waals surface area contributed by atoms with Crippen molar-refractivity contribution in [3.8, 4) is 0 Å². The van der Waals surface area contributed by atoms with Crippen LogP contribution in [0.3, 0.4) is 0 Å². The van der Waals surface area contributed by atoms with Gasteiger partial charge < -0.3 is 5.11 Å². The molecule has 1 fully saturated rings. The fourth-order valence-electron chi connectivity index (χ4n) is 2.08. The number of carboxylic acids is 1. The summed E-state index contributed by atoms with van der Waals surface area (Å²) < 4.78 is 0. The van der Waals surface area contributed by atoms with E-state index in [9.17, 15) is 4.79 Å². The van der Waals surface area contributed by atoms with Gasteiger partial charge in [0.1, 0.15) is 0 Å². The quantitative estimate of drug-likeness (QED) is 0.732. The third kappa shape index (κ3) is 3.79. The molecule has 0 radical (unpaired) electrons. The summed E-state index contributed by atoms with van der Waals surface area (Å²) in [6, 6.07) is 0. The molecule has 1 aliphatic rings. The molecular weight excluding hydrogens is 164 g/mol. The van der Waals surface area contributed by atoms with Crippen LogP contribution in [0, 0.1) is 11.3 Å². The van der Waals surface area contributed by atoms with Gasteiger partial charge >= 0.3 is 5.97 Å². The van der Waals surface area contributed by atoms with E-state index in [1.807, 2.05) is 0 Å². The van der Waals surface area contributed by atoms with Gasteiger partial charge in [-0.3, -0.25) is 4.79 Å². The second-order valence-electron chi connectivity index (χ2n) is 5.04. The third-order valence-corrected chi connectivity index (χ3v) is 3.23. The summed E-state index contributed by atoms with van der Waals surface area (Å²) in [4.78, 5) is 10.4. The Morgan fingerprint density at radius 3 is 2.38 bits per heavy atom. The molecule has 0 aliphatic heterocycles. The van der Waals surface area contributed by atoms with Gasteiger partial charge in [-0.15, -0.1) is 0 Å². The highest BCUT2D eigenvalue weighted by atomic mass is 16.4. The first-order valence-corrected chi connectivity index (χ1v) is 5.21. The van der Waals surface area contributed by atoms with E-state index in [0.29, 0.717) is 17.8 Å². The molecule has 1 aliphatic carbocycles. The van der Waals surface area contributed by atoms with E-state index < -0.39 is 5.97 Å². The number of carbonyl (C=O) groups is 1. The van der Waals surface area contributed by atoms with Crippen molar-refractivity contribution in [3.63, 3.8) is 0 Å². The third-order valence-electron chi connectivity index (χ3n) is 3.23. The second-order valence-corrected chi connectivity index (χ2v) is 5.04. The maximum absolute atomic E-state index is 10.4.